The van der Waals surface area contributed by atoms with Gasteiger partial charge in [-0.05, 0) is 30.3 Å². The fourth-order valence-electron chi connectivity index (χ4n) is 1.93. The van der Waals surface area contributed by atoms with Crippen molar-refractivity contribution in [2.45, 2.75) is 11.3 Å². The molecule has 0 heterocycles. The molecule has 2 aromatic carbocycles. The van der Waals surface area contributed by atoms with E-state index < -0.39 is 10.0 Å². The Hall–Kier alpha value is -2.40. The van der Waals surface area contributed by atoms with Crippen molar-refractivity contribution in [3.8, 4) is 6.07 Å². The lowest BCUT2D eigenvalue weighted by Crippen LogP contribution is -2.28. The van der Waals surface area contributed by atoms with Crippen LogP contribution in [0.4, 0.5) is 5.69 Å². The molecule has 0 atom stereocenters. The molecule has 0 bridgehead atoms. The van der Waals surface area contributed by atoms with Gasteiger partial charge in [0.05, 0.1) is 16.7 Å². The maximum Gasteiger partial charge on any atom is 0.242 e. The van der Waals surface area contributed by atoms with Gasteiger partial charge in [-0.1, -0.05) is 29.8 Å². The number of nitrogens with one attached hydrogen (secondary N) is 2. The zero-order chi connectivity index (χ0) is 17.6. The number of nitrogens with zero attached hydrogens (tertiary/aromatic N) is 1. The highest BCUT2D eigenvalue weighted by molar-refractivity contribution is 7.89. The molecule has 0 aliphatic rings. The largest absolute Gasteiger partial charge is 0.326 e. The number of hydrogen-bond acceptors (Lipinski definition) is 4. The van der Waals surface area contributed by atoms with Gasteiger partial charge in [-0.15, -0.1) is 0 Å². The van der Waals surface area contributed by atoms with E-state index in [1.165, 1.54) is 18.2 Å². The van der Waals surface area contributed by atoms with Gasteiger partial charge in [-0.25, -0.2) is 13.1 Å². The average molecular weight is 364 g/mol. The number of sulfonamides is 1. The van der Waals surface area contributed by atoms with Crippen LogP contribution in [0.15, 0.2) is 53.4 Å². The van der Waals surface area contributed by atoms with Crippen LogP contribution in [0.25, 0.3) is 0 Å². The van der Waals surface area contributed by atoms with E-state index in [0.29, 0.717) is 11.3 Å². The summed E-state index contributed by atoms with van der Waals surface area (Å²) in [6.07, 6.45) is -0.0551. The fourth-order valence-corrected chi connectivity index (χ4v) is 3.48. The van der Waals surface area contributed by atoms with Crippen molar-refractivity contribution < 1.29 is 13.2 Å². The zero-order valence-corrected chi connectivity index (χ0v) is 14.1. The predicted molar refractivity (Wildman–Crippen MR) is 91.0 cm³/mol. The summed E-state index contributed by atoms with van der Waals surface area (Å²) in [5.41, 5.74) is 0.903. The van der Waals surface area contributed by atoms with Gasteiger partial charge in [0.1, 0.15) is 4.90 Å². The Bertz CT molecular complexity index is 891. The van der Waals surface area contributed by atoms with E-state index in [0.717, 1.165) is 0 Å². The van der Waals surface area contributed by atoms with Crippen molar-refractivity contribution in [1.82, 2.24) is 4.72 Å². The summed E-state index contributed by atoms with van der Waals surface area (Å²) in [6, 6.07) is 14.5. The summed E-state index contributed by atoms with van der Waals surface area (Å²) in [7, 11) is -3.78. The van der Waals surface area contributed by atoms with Gasteiger partial charge in [0, 0.05) is 18.7 Å². The van der Waals surface area contributed by atoms with Gasteiger partial charge in [0.25, 0.3) is 0 Å². The second-order valence-corrected chi connectivity index (χ2v) is 6.96. The molecule has 2 N–H and O–H groups in total. The third kappa shape index (κ3) is 4.80. The van der Waals surface area contributed by atoms with Crippen molar-refractivity contribution in [3.63, 3.8) is 0 Å². The molecule has 0 aliphatic heterocycles. The van der Waals surface area contributed by atoms with Crippen LogP contribution in [0.3, 0.4) is 0 Å². The van der Waals surface area contributed by atoms with E-state index in [2.05, 4.69) is 10.0 Å². The zero-order valence-electron chi connectivity index (χ0n) is 12.5. The number of carbonyl (C=O) groups is 1. The molecular formula is C16H14ClN3O3S. The molecule has 1 amide bonds. The SMILES string of the molecule is N#Cc1cccc(NC(=O)CCNS(=O)(=O)c2ccccc2Cl)c1. The lowest BCUT2D eigenvalue weighted by atomic mass is 10.2. The molecule has 8 heteroatoms. The summed E-state index contributed by atoms with van der Waals surface area (Å²) in [5.74, 6) is -0.369. The number of anilines is 1. The van der Waals surface area contributed by atoms with Crippen LogP contribution in [-0.4, -0.2) is 20.9 Å². The van der Waals surface area contributed by atoms with Crippen LogP contribution >= 0.6 is 11.6 Å². The van der Waals surface area contributed by atoms with Crippen LogP contribution in [0.5, 0.6) is 0 Å². The number of benzene rings is 2. The summed E-state index contributed by atoms with van der Waals surface area (Å²) >= 11 is 5.86. The lowest BCUT2D eigenvalue weighted by molar-refractivity contribution is -0.116. The Morgan fingerprint density at radius 3 is 2.62 bits per heavy atom. The van der Waals surface area contributed by atoms with E-state index in [-0.39, 0.29) is 28.8 Å². The molecule has 0 saturated heterocycles. The van der Waals surface area contributed by atoms with E-state index in [1.54, 1.807) is 30.3 Å². The molecule has 2 aromatic rings. The highest BCUT2D eigenvalue weighted by Gasteiger charge is 2.17. The highest BCUT2D eigenvalue weighted by Crippen LogP contribution is 2.20. The number of hydrogen-bond donors (Lipinski definition) is 2. The minimum absolute atomic E-state index is 0.0335. The van der Waals surface area contributed by atoms with Gasteiger partial charge < -0.3 is 5.32 Å². The van der Waals surface area contributed by atoms with Crippen LogP contribution in [0.2, 0.25) is 5.02 Å². The summed E-state index contributed by atoms with van der Waals surface area (Å²) in [5, 5.41) is 11.5. The quantitative estimate of drug-likeness (QED) is 0.823. The molecule has 24 heavy (non-hydrogen) atoms. The van der Waals surface area contributed by atoms with Crippen molar-refractivity contribution in [1.29, 1.82) is 5.26 Å². The molecule has 0 spiro atoms. The smallest absolute Gasteiger partial charge is 0.242 e. The molecule has 0 fully saturated rings. The number of carbonyl (C=O) groups excluding carboxylic acids is 1. The first kappa shape index (κ1) is 17.9. The van der Waals surface area contributed by atoms with Crippen molar-refractivity contribution in [2.75, 3.05) is 11.9 Å². The third-order valence-corrected chi connectivity index (χ3v) is 5.01. The van der Waals surface area contributed by atoms with Crippen LogP contribution in [0, 0.1) is 11.3 Å². The van der Waals surface area contributed by atoms with E-state index in [9.17, 15) is 13.2 Å². The van der Waals surface area contributed by atoms with Gasteiger partial charge in [-0.2, -0.15) is 5.26 Å². The monoisotopic (exact) mass is 363 g/mol. The number of amides is 1. The molecule has 0 radical (unpaired) electrons. The Morgan fingerprint density at radius 2 is 1.92 bits per heavy atom. The van der Waals surface area contributed by atoms with Crippen LogP contribution in [0.1, 0.15) is 12.0 Å². The second-order valence-electron chi connectivity index (χ2n) is 4.82. The Labute approximate surface area is 145 Å². The summed E-state index contributed by atoms with van der Waals surface area (Å²) in [4.78, 5) is 11.8. The minimum atomic E-state index is -3.78. The second kappa shape index (κ2) is 7.93. The van der Waals surface area contributed by atoms with Gasteiger partial charge in [0.15, 0.2) is 0 Å². The van der Waals surface area contributed by atoms with Crippen molar-refractivity contribution in [2.24, 2.45) is 0 Å². The Morgan fingerprint density at radius 1 is 1.17 bits per heavy atom. The molecule has 124 valence electrons. The van der Waals surface area contributed by atoms with E-state index in [4.69, 9.17) is 16.9 Å². The Kier molecular flexibility index (Phi) is 5.93. The van der Waals surface area contributed by atoms with Gasteiger partial charge >= 0.3 is 0 Å². The third-order valence-electron chi connectivity index (χ3n) is 3.05. The lowest BCUT2D eigenvalue weighted by Gasteiger charge is -2.09. The molecule has 2 rings (SSSR count). The molecule has 0 unspecified atom stereocenters. The van der Waals surface area contributed by atoms with Crippen molar-refractivity contribution >= 4 is 33.2 Å². The number of nitriles is 1. The first-order chi connectivity index (χ1) is 11.4. The number of rotatable bonds is 6. The fraction of sp³-hybridized carbons (Fsp3) is 0.125. The normalized spacial score (nSPS) is 10.8. The van der Waals surface area contributed by atoms with Gasteiger partial charge in [0.2, 0.25) is 15.9 Å². The molecular weight excluding hydrogens is 350 g/mol. The maximum atomic E-state index is 12.1. The molecule has 0 aliphatic carbocycles. The predicted octanol–water partition coefficient (Wildman–Crippen LogP) is 2.52. The summed E-state index contributed by atoms with van der Waals surface area (Å²) < 4.78 is 26.6. The van der Waals surface area contributed by atoms with Crippen LogP contribution in [-0.2, 0) is 14.8 Å². The first-order valence-corrected chi connectivity index (χ1v) is 8.83. The standard InChI is InChI=1S/C16H14ClN3O3S/c17-14-6-1-2-7-15(14)24(22,23)19-9-8-16(21)20-13-5-3-4-12(10-13)11-18/h1-7,10,19H,8-9H2,(H,20,21). The topological polar surface area (TPSA) is 99.1 Å². The highest BCUT2D eigenvalue weighted by atomic mass is 35.5. The van der Waals surface area contributed by atoms with Crippen molar-refractivity contribution in [3.05, 3.63) is 59.1 Å². The first-order valence-electron chi connectivity index (χ1n) is 6.96. The molecule has 0 saturated carbocycles. The van der Waals surface area contributed by atoms with Crippen LogP contribution < -0.4 is 10.0 Å². The van der Waals surface area contributed by atoms with Gasteiger partial charge in [-0.3, -0.25) is 4.79 Å². The molecule has 0 aromatic heterocycles. The minimum Gasteiger partial charge on any atom is -0.326 e. The average Bonchev–Trinajstić information content (AvgIpc) is 2.55. The van der Waals surface area contributed by atoms with E-state index in [1.807, 2.05) is 6.07 Å². The number of halogens is 1. The van der Waals surface area contributed by atoms with E-state index >= 15 is 0 Å². The molecule has 6 nitrogen and oxygen atoms in total. The summed E-state index contributed by atoms with van der Waals surface area (Å²) in [6.45, 7) is -0.0721. The Balaban J connectivity index is 1.91. The maximum absolute atomic E-state index is 12.1.